The molecule has 10 nitrogen and oxygen atoms in total. The SMILES string of the molecule is Cc1ccc(-c2cnc3n2CCN(C)C32CCN(Cc3cccs3)CC2)cc1.O=C(O)C(F)(F)F.O=C(O)C(F)(F)F.O=C(O)C(F)(F)F. The molecular weight excluding hydrogens is 703 g/mol. The Hall–Kier alpha value is -4.17. The predicted molar refractivity (Wildman–Crippen MR) is 157 cm³/mol. The number of benzene rings is 1. The monoisotopic (exact) mass is 734 g/mol. The van der Waals surface area contributed by atoms with Crippen molar-refractivity contribution in [1.29, 1.82) is 0 Å². The number of nitrogens with zero attached hydrogens (tertiary/aromatic N) is 4. The van der Waals surface area contributed by atoms with Crippen molar-refractivity contribution >= 4 is 29.2 Å². The number of piperidine rings is 1. The van der Waals surface area contributed by atoms with E-state index in [1.54, 1.807) is 0 Å². The summed E-state index contributed by atoms with van der Waals surface area (Å²) in [5, 5.41) is 23.6. The average Bonchev–Trinajstić information content (AvgIpc) is 3.67. The average molecular weight is 735 g/mol. The number of carboxylic acid groups (broad SMARTS) is 3. The predicted octanol–water partition coefficient (Wildman–Crippen LogP) is 6.26. The second-order valence-electron chi connectivity index (χ2n) is 10.7. The molecule has 1 spiro atoms. The highest BCUT2D eigenvalue weighted by Crippen LogP contribution is 2.42. The van der Waals surface area contributed by atoms with Crippen LogP contribution in [0.25, 0.3) is 11.3 Å². The number of aryl methyl sites for hydroxylation is 1. The van der Waals surface area contributed by atoms with E-state index in [9.17, 15) is 39.5 Å². The van der Waals surface area contributed by atoms with Crippen molar-refractivity contribution in [1.82, 2.24) is 19.4 Å². The van der Waals surface area contributed by atoms with Crippen molar-refractivity contribution in [3.05, 3.63) is 64.2 Å². The van der Waals surface area contributed by atoms with Crippen LogP contribution in [0.3, 0.4) is 0 Å². The number of alkyl halides is 9. The summed E-state index contributed by atoms with van der Waals surface area (Å²) in [5.74, 6) is -7.00. The molecule has 2 aromatic heterocycles. The maximum atomic E-state index is 10.6. The van der Waals surface area contributed by atoms with Crippen LogP contribution in [-0.4, -0.2) is 97.8 Å². The molecule has 0 bridgehead atoms. The quantitative estimate of drug-likeness (QED) is 0.267. The van der Waals surface area contributed by atoms with Crippen LogP contribution in [0.4, 0.5) is 39.5 Å². The Labute approximate surface area is 277 Å². The Balaban J connectivity index is 0.000000325. The summed E-state index contributed by atoms with van der Waals surface area (Å²) in [6.07, 6.45) is -10.8. The number of aliphatic carboxylic acids is 3. The molecule has 1 fully saturated rings. The highest BCUT2D eigenvalue weighted by molar-refractivity contribution is 7.09. The van der Waals surface area contributed by atoms with Crippen molar-refractivity contribution in [2.45, 2.75) is 56.9 Å². The van der Waals surface area contributed by atoms with Gasteiger partial charge in [0.15, 0.2) is 0 Å². The number of likely N-dealkylation sites (tertiary alicyclic amines) is 1. The minimum absolute atomic E-state index is 0.0765. The van der Waals surface area contributed by atoms with Crippen LogP contribution in [0.15, 0.2) is 48.0 Å². The lowest BCUT2D eigenvalue weighted by Gasteiger charge is -2.49. The van der Waals surface area contributed by atoms with E-state index in [0.717, 1.165) is 45.6 Å². The number of fused-ring (bicyclic) bond motifs is 2. The van der Waals surface area contributed by atoms with Gasteiger partial charge in [-0.2, -0.15) is 39.5 Å². The molecule has 20 heteroatoms. The number of rotatable bonds is 3. The lowest BCUT2D eigenvalue weighted by atomic mass is 9.83. The number of carboxylic acids is 3. The molecule has 5 rings (SSSR count). The van der Waals surface area contributed by atoms with E-state index in [1.165, 1.54) is 27.5 Å². The van der Waals surface area contributed by atoms with Crippen molar-refractivity contribution in [3.8, 4) is 11.3 Å². The number of likely N-dealkylation sites (N-methyl/N-ethyl adjacent to an activating group) is 1. The molecule has 49 heavy (non-hydrogen) atoms. The van der Waals surface area contributed by atoms with Crippen molar-refractivity contribution in [3.63, 3.8) is 0 Å². The van der Waals surface area contributed by atoms with Gasteiger partial charge in [-0.3, -0.25) is 9.80 Å². The minimum atomic E-state index is -5.08. The number of hydrogen-bond donors (Lipinski definition) is 3. The van der Waals surface area contributed by atoms with Gasteiger partial charge in [0.1, 0.15) is 5.82 Å². The van der Waals surface area contributed by atoms with Gasteiger partial charge in [0, 0.05) is 37.6 Å². The zero-order valence-corrected chi connectivity index (χ0v) is 26.6. The van der Waals surface area contributed by atoms with E-state index in [0.29, 0.717) is 0 Å². The van der Waals surface area contributed by atoms with Crippen molar-refractivity contribution in [2.75, 3.05) is 26.7 Å². The van der Waals surface area contributed by atoms with E-state index in [-0.39, 0.29) is 5.54 Å². The van der Waals surface area contributed by atoms with Crippen LogP contribution in [0.2, 0.25) is 0 Å². The van der Waals surface area contributed by atoms with Crippen LogP contribution in [0, 0.1) is 6.92 Å². The van der Waals surface area contributed by atoms with Gasteiger partial charge in [0.25, 0.3) is 0 Å². The van der Waals surface area contributed by atoms with E-state index in [4.69, 9.17) is 34.7 Å². The first-order valence-corrected chi connectivity index (χ1v) is 14.9. The molecule has 2 aliphatic heterocycles. The zero-order chi connectivity index (χ0) is 37.4. The van der Waals surface area contributed by atoms with Crippen LogP contribution in [0.5, 0.6) is 0 Å². The summed E-state index contributed by atoms with van der Waals surface area (Å²) in [6, 6.07) is 13.3. The minimum Gasteiger partial charge on any atom is -0.475 e. The molecule has 272 valence electrons. The lowest BCUT2D eigenvalue weighted by molar-refractivity contribution is -0.193. The topological polar surface area (TPSA) is 136 Å². The molecule has 0 unspecified atom stereocenters. The molecule has 0 atom stereocenters. The summed E-state index contributed by atoms with van der Waals surface area (Å²) in [4.78, 5) is 38.3. The summed E-state index contributed by atoms with van der Waals surface area (Å²) in [6.45, 7) is 7.61. The smallest absolute Gasteiger partial charge is 0.475 e. The highest BCUT2D eigenvalue weighted by atomic mass is 32.1. The Morgan fingerprint density at radius 3 is 1.67 bits per heavy atom. The molecule has 1 saturated heterocycles. The molecule has 2 aliphatic rings. The number of halogens is 9. The first-order valence-electron chi connectivity index (χ1n) is 14.0. The third-order valence-electron chi connectivity index (χ3n) is 7.38. The van der Waals surface area contributed by atoms with Crippen molar-refractivity contribution < 1.29 is 69.2 Å². The number of hydrogen-bond acceptors (Lipinski definition) is 7. The van der Waals surface area contributed by atoms with E-state index in [1.807, 2.05) is 11.3 Å². The van der Waals surface area contributed by atoms with Gasteiger partial charge in [0.05, 0.1) is 17.4 Å². The first kappa shape index (κ1) is 41.0. The Kier molecular flexibility index (Phi) is 13.8. The third-order valence-corrected chi connectivity index (χ3v) is 8.24. The van der Waals surface area contributed by atoms with Gasteiger partial charge in [-0.15, -0.1) is 11.3 Å². The standard InChI is InChI=1S/C23H28N4S.3C2HF3O2/c1-18-5-7-19(8-6-18)21-16-24-22-23(25(2)13-14-27(21)22)9-11-26(12-10-23)17-20-4-3-15-28-20;3*3-2(4,5)1(6)7/h3-8,15-16H,9-14,17H2,1-2H3;3*(H,6,7). The summed E-state index contributed by atoms with van der Waals surface area (Å²) in [5.41, 5.74) is 3.92. The largest absolute Gasteiger partial charge is 0.490 e. The molecule has 0 aliphatic carbocycles. The molecular formula is C29H31F9N4O6S. The number of carbonyl (C=O) groups is 3. The molecule has 0 amide bonds. The zero-order valence-electron chi connectivity index (χ0n) is 25.7. The fraction of sp³-hybridized carbons (Fsp3) is 0.448. The van der Waals surface area contributed by atoms with E-state index in [2.05, 4.69) is 76.3 Å². The number of thiophene rings is 1. The normalized spacial score (nSPS) is 16.1. The van der Waals surface area contributed by atoms with Crippen LogP contribution >= 0.6 is 11.3 Å². The molecule has 4 heterocycles. The number of imidazole rings is 1. The van der Waals surface area contributed by atoms with Gasteiger partial charge >= 0.3 is 36.4 Å². The summed E-state index contributed by atoms with van der Waals surface area (Å²) >= 11 is 1.87. The summed E-state index contributed by atoms with van der Waals surface area (Å²) in [7, 11) is 2.29. The van der Waals surface area contributed by atoms with Gasteiger partial charge in [0.2, 0.25) is 0 Å². The van der Waals surface area contributed by atoms with Gasteiger partial charge in [-0.05, 0) is 43.8 Å². The van der Waals surface area contributed by atoms with Crippen LogP contribution < -0.4 is 0 Å². The van der Waals surface area contributed by atoms with E-state index >= 15 is 0 Å². The Morgan fingerprint density at radius 1 is 0.796 bits per heavy atom. The Bertz CT molecular complexity index is 1470. The molecule has 3 N–H and O–H groups in total. The molecule has 0 radical (unpaired) electrons. The molecule has 3 aromatic rings. The first-order chi connectivity index (χ1) is 22.5. The van der Waals surface area contributed by atoms with Crippen LogP contribution in [0.1, 0.15) is 29.1 Å². The van der Waals surface area contributed by atoms with Gasteiger partial charge in [-0.1, -0.05) is 35.9 Å². The molecule has 1 aromatic carbocycles. The van der Waals surface area contributed by atoms with Gasteiger partial charge < -0.3 is 19.9 Å². The molecule has 0 saturated carbocycles. The number of aromatic nitrogens is 2. The second kappa shape index (κ2) is 16.5. The van der Waals surface area contributed by atoms with Crippen molar-refractivity contribution in [2.24, 2.45) is 0 Å². The van der Waals surface area contributed by atoms with Gasteiger partial charge in [-0.25, -0.2) is 19.4 Å². The highest BCUT2D eigenvalue weighted by Gasteiger charge is 2.46. The van der Waals surface area contributed by atoms with Crippen LogP contribution in [-0.2, 0) is 33.0 Å². The lowest BCUT2D eigenvalue weighted by Crippen LogP contribution is -2.56. The summed E-state index contributed by atoms with van der Waals surface area (Å²) < 4.78 is 97.7. The fourth-order valence-corrected chi connectivity index (χ4v) is 5.62. The second-order valence-corrected chi connectivity index (χ2v) is 11.7. The van der Waals surface area contributed by atoms with E-state index < -0.39 is 36.4 Å². The maximum absolute atomic E-state index is 10.6. The maximum Gasteiger partial charge on any atom is 0.490 e. The fourth-order valence-electron chi connectivity index (χ4n) is 4.87. The Morgan fingerprint density at radius 2 is 1.27 bits per heavy atom. The third kappa shape index (κ3) is 11.7.